The summed E-state index contributed by atoms with van der Waals surface area (Å²) in [6.07, 6.45) is 20.2. The molecule has 2 fully saturated rings. The highest BCUT2D eigenvalue weighted by Gasteiger charge is 2.34. The van der Waals surface area contributed by atoms with E-state index < -0.39 is 0 Å². The number of Topliss-reactive ketones (excluding diaryl/α,β-unsaturated/α-hetero) is 1. The van der Waals surface area contributed by atoms with Crippen LogP contribution >= 0.6 is 11.3 Å². The Morgan fingerprint density at radius 3 is 2.43 bits per heavy atom. The first kappa shape index (κ1) is 29.0. The van der Waals surface area contributed by atoms with E-state index in [0.29, 0.717) is 5.92 Å². The van der Waals surface area contributed by atoms with Crippen LogP contribution in [0.25, 0.3) is 5.57 Å². The summed E-state index contributed by atoms with van der Waals surface area (Å²) in [6, 6.07) is 9.37. The van der Waals surface area contributed by atoms with E-state index in [9.17, 15) is 9.59 Å². The van der Waals surface area contributed by atoms with Gasteiger partial charge in [0.15, 0.2) is 5.78 Å². The maximum absolute atomic E-state index is 13.9. The lowest BCUT2D eigenvalue weighted by molar-refractivity contribution is -0.129. The van der Waals surface area contributed by atoms with Crippen LogP contribution in [0.2, 0.25) is 0 Å². The van der Waals surface area contributed by atoms with Crippen LogP contribution < -0.4 is 0 Å². The highest BCUT2D eigenvalue weighted by Crippen LogP contribution is 2.42. The van der Waals surface area contributed by atoms with Crippen LogP contribution in [0.5, 0.6) is 0 Å². The summed E-state index contributed by atoms with van der Waals surface area (Å²) in [5, 5.41) is 1.11. The second kappa shape index (κ2) is 12.7. The zero-order valence-corrected chi connectivity index (χ0v) is 26.3. The van der Waals surface area contributed by atoms with Crippen LogP contribution in [-0.4, -0.2) is 34.7 Å². The molecule has 42 heavy (non-hydrogen) atoms. The third-order valence-corrected chi connectivity index (χ3v) is 11.1. The van der Waals surface area contributed by atoms with Crippen LogP contribution in [0, 0.1) is 12.8 Å². The summed E-state index contributed by atoms with van der Waals surface area (Å²) >= 11 is 1.73. The predicted molar refractivity (Wildman–Crippen MR) is 173 cm³/mol. The molecule has 4 aliphatic rings. The molecule has 1 atom stereocenters. The zero-order chi connectivity index (χ0) is 29.2. The molecule has 2 aromatic rings. The fraction of sp³-hybridized carbons (Fsp3) is 0.486. The summed E-state index contributed by atoms with van der Waals surface area (Å²) in [5.41, 5.74) is 8.21. The number of amides is 1. The summed E-state index contributed by atoms with van der Waals surface area (Å²) in [4.78, 5) is 33.8. The Bertz CT molecular complexity index is 1460. The van der Waals surface area contributed by atoms with Gasteiger partial charge in [-0.15, -0.1) is 11.3 Å². The maximum atomic E-state index is 13.9. The van der Waals surface area contributed by atoms with Crippen molar-refractivity contribution >= 4 is 28.6 Å². The van der Waals surface area contributed by atoms with Crippen molar-refractivity contribution < 1.29 is 9.59 Å². The summed E-state index contributed by atoms with van der Waals surface area (Å²) in [5.74, 6) is 1.33. The number of hydrogen-bond donors (Lipinski definition) is 0. The van der Waals surface area contributed by atoms with Gasteiger partial charge in [0.25, 0.3) is 0 Å². The monoisotopic (exact) mass is 580 g/mol. The second-order valence-electron chi connectivity index (χ2n) is 12.7. The number of carbonyl (C=O) groups excluding carboxylic acids is 2. The quantitative estimate of drug-likeness (QED) is 0.344. The lowest BCUT2D eigenvalue weighted by Crippen LogP contribution is -2.36. The Labute approximate surface area is 255 Å². The largest absolute Gasteiger partial charge is 0.343 e. The number of hydrogen-bond acceptors (Lipinski definition) is 4. The van der Waals surface area contributed by atoms with Crippen LogP contribution in [0.4, 0.5) is 0 Å². The van der Waals surface area contributed by atoms with Crippen molar-refractivity contribution in [3.63, 3.8) is 0 Å². The smallest absolute Gasteiger partial charge is 0.219 e. The van der Waals surface area contributed by atoms with Gasteiger partial charge in [-0.05, 0) is 86.1 Å². The molecule has 1 unspecified atom stereocenters. The molecule has 220 valence electrons. The van der Waals surface area contributed by atoms with Gasteiger partial charge in [-0.25, -0.2) is 4.98 Å². The minimum absolute atomic E-state index is 0.123. The molecule has 1 aromatic heterocycles. The van der Waals surface area contributed by atoms with Crippen molar-refractivity contribution in [2.45, 2.75) is 96.8 Å². The van der Waals surface area contributed by atoms with Gasteiger partial charge < -0.3 is 4.90 Å². The van der Waals surface area contributed by atoms with Gasteiger partial charge in [-0.3, -0.25) is 9.59 Å². The van der Waals surface area contributed by atoms with Crippen LogP contribution in [0.15, 0.2) is 65.3 Å². The van der Waals surface area contributed by atoms with Gasteiger partial charge in [0.1, 0.15) is 0 Å². The zero-order valence-electron chi connectivity index (χ0n) is 25.5. The van der Waals surface area contributed by atoms with Crippen molar-refractivity contribution in [3.05, 3.63) is 92.0 Å². The Balaban J connectivity index is 1.22. The number of rotatable bonds is 6. The highest BCUT2D eigenvalue weighted by atomic mass is 32.1. The number of ketones is 1. The third kappa shape index (κ3) is 6.04. The van der Waals surface area contributed by atoms with E-state index in [-0.39, 0.29) is 17.6 Å². The standard InChI is InChI=1S/C37H44N2O2S/c1-4-32-33-17-13-27(22-26-10-14-29(15-11-26)28-8-6-5-7-9-28)12-16-31(33)23-34(36(32)41)35-24(2)42-37(38-35)30-18-20-39(21-19-30)25(3)40/h10-12,14-17,23,28,30,32H,4-9,13,18-22H2,1-3H3. The first-order valence-corrected chi connectivity index (χ1v) is 16.9. The molecule has 1 aliphatic heterocycles. The molecule has 6 rings (SSSR count). The summed E-state index contributed by atoms with van der Waals surface area (Å²) < 4.78 is 0. The average molecular weight is 581 g/mol. The Kier molecular flexibility index (Phi) is 8.76. The molecule has 1 aromatic carbocycles. The average Bonchev–Trinajstić information content (AvgIpc) is 3.29. The number of thiazole rings is 1. The number of piperidine rings is 1. The number of allylic oxidation sites excluding steroid dienone is 8. The van der Waals surface area contributed by atoms with E-state index in [0.717, 1.165) is 77.8 Å². The van der Waals surface area contributed by atoms with E-state index in [4.69, 9.17) is 4.98 Å². The van der Waals surface area contributed by atoms with E-state index in [1.165, 1.54) is 54.4 Å². The fourth-order valence-corrected chi connectivity index (χ4v) is 8.48. The summed E-state index contributed by atoms with van der Waals surface area (Å²) in [6.45, 7) is 7.44. The van der Waals surface area contributed by atoms with E-state index in [2.05, 4.69) is 62.4 Å². The molecule has 0 N–H and O–H groups in total. The van der Waals surface area contributed by atoms with E-state index >= 15 is 0 Å². The van der Waals surface area contributed by atoms with Crippen LogP contribution in [0.3, 0.4) is 0 Å². The minimum atomic E-state index is -0.123. The second-order valence-corrected chi connectivity index (χ2v) is 13.9. The number of nitrogens with zero attached hydrogens (tertiary/aromatic N) is 2. The molecule has 1 amide bonds. The Morgan fingerprint density at radius 2 is 1.74 bits per heavy atom. The predicted octanol–water partition coefficient (Wildman–Crippen LogP) is 8.64. The van der Waals surface area contributed by atoms with Gasteiger partial charge >= 0.3 is 0 Å². The third-order valence-electron chi connectivity index (χ3n) is 9.93. The number of benzene rings is 1. The Hall–Kier alpha value is -3.05. The molecule has 0 bridgehead atoms. The number of likely N-dealkylation sites (tertiary alicyclic amines) is 1. The van der Waals surface area contributed by atoms with Crippen molar-refractivity contribution in [1.82, 2.24) is 9.88 Å². The van der Waals surface area contributed by atoms with Crippen LogP contribution in [0.1, 0.15) is 110 Å². The molecule has 0 spiro atoms. The SMILES string of the molecule is CCC1C(=O)C(c2nc(C3CCN(C(C)=O)CC3)sc2C)=CC2=CC=C(Cc3ccc(C4CCCCC4)cc3)CC=C21. The lowest BCUT2D eigenvalue weighted by atomic mass is 9.77. The van der Waals surface area contributed by atoms with Gasteiger partial charge in [0.05, 0.1) is 10.7 Å². The lowest BCUT2D eigenvalue weighted by Gasteiger charge is -2.30. The molecular weight excluding hydrogens is 536 g/mol. The van der Waals surface area contributed by atoms with Gasteiger partial charge in [-0.1, -0.05) is 74.3 Å². The maximum Gasteiger partial charge on any atom is 0.219 e. The molecular formula is C37H44N2O2S. The normalized spacial score (nSPS) is 22.1. The fourth-order valence-electron chi connectivity index (χ4n) is 7.37. The Morgan fingerprint density at radius 1 is 1.00 bits per heavy atom. The number of fused-ring (bicyclic) bond motifs is 1. The first-order valence-electron chi connectivity index (χ1n) is 16.1. The number of aromatic nitrogens is 1. The van der Waals surface area contributed by atoms with Gasteiger partial charge in [-0.2, -0.15) is 0 Å². The molecule has 0 radical (unpaired) electrons. The topological polar surface area (TPSA) is 50.3 Å². The van der Waals surface area contributed by atoms with Gasteiger partial charge in [0, 0.05) is 42.3 Å². The molecule has 4 nitrogen and oxygen atoms in total. The minimum Gasteiger partial charge on any atom is -0.343 e. The molecule has 2 heterocycles. The van der Waals surface area contributed by atoms with Crippen LogP contribution in [-0.2, 0) is 16.0 Å². The number of carbonyl (C=O) groups is 2. The molecule has 5 heteroatoms. The van der Waals surface area contributed by atoms with E-state index in [1.54, 1.807) is 18.3 Å². The van der Waals surface area contributed by atoms with Crippen molar-refractivity contribution in [2.75, 3.05) is 13.1 Å². The molecule has 1 saturated heterocycles. The molecule has 1 saturated carbocycles. The number of aryl methyl sites for hydroxylation is 1. The summed E-state index contributed by atoms with van der Waals surface area (Å²) in [7, 11) is 0. The van der Waals surface area contributed by atoms with Crippen molar-refractivity contribution in [3.8, 4) is 0 Å². The van der Waals surface area contributed by atoms with Crippen molar-refractivity contribution in [1.29, 1.82) is 0 Å². The molecule has 3 aliphatic carbocycles. The first-order chi connectivity index (χ1) is 20.4. The van der Waals surface area contributed by atoms with Crippen molar-refractivity contribution in [2.24, 2.45) is 5.92 Å². The van der Waals surface area contributed by atoms with E-state index in [1.807, 2.05) is 4.90 Å². The van der Waals surface area contributed by atoms with Gasteiger partial charge in [0.2, 0.25) is 5.91 Å². The highest BCUT2D eigenvalue weighted by molar-refractivity contribution is 7.11.